The van der Waals surface area contributed by atoms with E-state index in [0.717, 1.165) is 30.9 Å². The minimum atomic E-state index is -0.106. The van der Waals surface area contributed by atoms with Crippen molar-refractivity contribution in [1.29, 1.82) is 0 Å². The van der Waals surface area contributed by atoms with Crippen molar-refractivity contribution < 1.29 is 0 Å². The summed E-state index contributed by atoms with van der Waals surface area (Å²) in [5.74, 6) is 1.09. The van der Waals surface area contributed by atoms with Gasteiger partial charge in [-0.05, 0) is 18.9 Å². The Balaban J connectivity index is 1.96. The first-order chi connectivity index (χ1) is 9.64. The number of nitrogens with one attached hydrogen (secondary N) is 2. The van der Waals surface area contributed by atoms with Crippen LogP contribution in [0.2, 0.25) is 0 Å². The van der Waals surface area contributed by atoms with E-state index in [1.807, 2.05) is 11.7 Å². The Morgan fingerprint density at radius 2 is 2.05 bits per heavy atom. The van der Waals surface area contributed by atoms with Gasteiger partial charge >= 0.3 is 0 Å². The molecule has 0 amide bonds. The lowest BCUT2D eigenvalue weighted by molar-refractivity contribution is 0.554. The summed E-state index contributed by atoms with van der Waals surface area (Å²) < 4.78 is 1.95. The first kappa shape index (κ1) is 13.0. The van der Waals surface area contributed by atoms with Crippen molar-refractivity contribution in [2.24, 2.45) is 7.05 Å². The molecule has 4 nitrogen and oxygen atoms in total. The molecule has 2 N–H and O–H groups in total. The summed E-state index contributed by atoms with van der Waals surface area (Å²) in [6.45, 7) is 5.28. The number of aromatic nitrogens is 2. The first-order valence-electron chi connectivity index (χ1n) is 7.27. The molecule has 0 spiro atoms. The fourth-order valence-corrected chi connectivity index (χ4v) is 2.87. The topological polar surface area (TPSA) is 41.9 Å². The van der Waals surface area contributed by atoms with Gasteiger partial charge in [0.2, 0.25) is 0 Å². The molecule has 1 aliphatic rings. The third-order valence-electron chi connectivity index (χ3n) is 4.03. The summed E-state index contributed by atoms with van der Waals surface area (Å²) >= 11 is 0. The summed E-state index contributed by atoms with van der Waals surface area (Å²) in [6, 6.07) is 10.6. The minimum absolute atomic E-state index is 0.106. The third kappa shape index (κ3) is 2.05. The zero-order chi connectivity index (χ0) is 14.2. The van der Waals surface area contributed by atoms with E-state index in [1.54, 1.807) is 0 Å². The van der Waals surface area contributed by atoms with Crippen LogP contribution in [0.15, 0.2) is 30.3 Å². The van der Waals surface area contributed by atoms with Crippen LogP contribution in [0.1, 0.15) is 31.5 Å². The Bertz CT molecular complexity index is 602. The molecule has 106 valence electrons. The Hall–Kier alpha value is -1.97. The van der Waals surface area contributed by atoms with Crippen LogP contribution in [0.4, 0.5) is 11.5 Å². The van der Waals surface area contributed by atoms with Gasteiger partial charge in [-0.25, -0.2) is 0 Å². The van der Waals surface area contributed by atoms with Gasteiger partial charge < -0.3 is 10.6 Å². The molecule has 1 aliphatic heterocycles. The summed E-state index contributed by atoms with van der Waals surface area (Å²) in [4.78, 5) is 0. The second kappa shape index (κ2) is 4.85. The van der Waals surface area contributed by atoms with Gasteiger partial charge in [0.1, 0.15) is 11.5 Å². The maximum atomic E-state index is 4.63. The number of rotatable bonds is 3. The standard InChI is InChI=1S/C16H22N4/c1-4-8-13-14-15(20(3)19-13)18-16(2,11-17-14)12-9-6-5-7-10-12/h5-7,9-10,17-18H,4,8,11H2,1-3H3. The third-order valence-corrected chi connectivity index (χ3v) is 4.03. The molecule has 0 saturated carbocycles. The van der Waals surface area contributed by atoms with Crippen LogP contribution < -0.4 is 10.6 Å². The zero-order valence-electron chi connectivity index (χ0n) is 12.4. The lowest BCUT2D eigenvalue weighted by Crippen LogP contribution is -2.43. The van der Waals surface area contributed by atoms with Gasteiger partial charge in [-0.1, -0.05) is 43.7 Å². The second-order valence-corrected chi connectivity index (χ2v) is 5.72. The van der Waals surface area contributed by atoms with Gasteiger partial charge in [0.25, 0.3) is 0 Å². The van der Waals surface area contributed by atoms with Crippen LogP contribution in [0.5, 0.6) is 0 Å². The molecule has 2 aromatic rings. The monoisotopic (exact) mass is 270 g/mol. The number of benzene rings is 1. The van der Waals surface area contributed by atoms with Gasteiger partial charge in [0, 0.05) is 13.6 Å². The van der Waals surface area contributed by atoms with E-state index in [2.05, 4.69) is 59.9 Å². The van der Waals surface area contributed by atoms with E-state index in [1.165, 1.54) is 11.3 Å². The zero-order valence-corrected chi connectivity index (χ0v) is 12.4. The molecule has 0 bridgehead atoms. The molecule has 2 heterocycles. The molecule has 4 heteroatoms. The molecule has 20 heavy (non-hydrogen) atoms. The van der Waals surface area contributed by atoms with Gasteiger partial charge in [0.15, 0.2) is 0 Å². The quantitative estimate of drug-likeness (QED) is 0.900. The van der Waals surface area contributed by atoms with Gasteiger partial charge in [-0.15, -0.1) is 0 Å². The Morgan fingerprint density at radius 1 is 1.30 bits per heavy atom. The molecule has 1 atom stereocenters. The van der Waals surface area contributed by atoms with Crippen molar-refractivity contribution in [3.63, 3.8) is 0 Å². The van der Waals surface area contributed by atoms with Crippen LogP contribution >= 0.6 is 0 Å². The Morgan fingerprint density at radius 3 is 2.75 bits per heavy atom. The number of hydrogen-bond donors (Lipinski definition) is 2. The highest BCUT2D eigenvalue weighted by Gasteiger charge is 2.33. The number of aryl methyl sites for hydroxylation is 2. The van der Waals surface area contributed by atoms with Crippen LogP contribution in [0, 0.1) is 0 Å². The van der Waals surface area contributed by atoms with Crippen LogP contribution in [-0.2, 0) is 19.0 Å². The van der Waals surface area contributed by atoms with Crippen molar-refractivity contribution in [1.82, 2.24) is 9.78 Å². The molecule has 0 radical (unpaired) electrons. The van der Waals surface area contributed by atoms with Crippen LogP contribution in [-0.4, -0.2) is 16.3 Å². The predicted molar refractivity (Wildman–Crippen MR) is 83.1 cm³/mol. The summed E-state index contributed by atoms with van der Waals surface area (Å²) in [6.07, 6.45) is 2.13. The predicted octanol–water partition coefficient (Wildman–Crippen LogP) is 3.13. The number of anilines is 2. The summed E-state index contributed by atoms with van der Waals surface area (Å²) in [5, 5.41) is 11.9. The van der Waals surface area contributed by atoms with Crippen molar-refractivity contribution >= 4 is 11.5 Å². The maximum Gasteiger partial charge on any atom is 0.148 e. The highest BCUT2D eigenvalue weighted by Crippen LogP contribution is 2.37. The highest BCUT2D eigenvalue weighted by atomic mass is 15.4. The largest absolute Gasteiger partial charge is 0.378 e. The Labute approximate surface area is 120 Å². The molecule has 1 unspecified atom stereocenters. The number of hydrogen-bond acceptors (Lipinski definition) is 3. The van der Waals surface area contributed by atoms with Crippen LogP contribution in [0.3, 0.4) is 0 Å². The fourth-order valence-electron chi connectivity index (χ4n) is 2.87. The van der Waals surface area contributed by atoms with Gasteiger partial charge in [-0.3, -0.25) is 4.68 Å². The smallest absolute Gasteiger partial charge is 0.148 e. The summed E-state index contributed by atoms with van der Waals surface area (Å²) in [5.41, 5.74) is 3.51. The van der Waals surface area contributed by atoms with Gasteiger partial charge in [-0.2, -0.15) is 5.10 Å². The molecule has 1 aromatic carbocycles. The second-order valence-electron chi connectivity index (χ2n) is 5.72. The minimum Gasteiger partial charge on any atom is -0.378 e. The molecule has 0 saturated heterocycles. The van der Waals surface area contributed by atoms with E-state index in [-0.39, 0.29) is 5.54 Å². The maximum absolute atomic E-state index is 4.63. The summed E-state index contributed by atoms with van der Waals surface area (Å²) in [7, 11) is 2.00. The van der Waals surface area contributed by atoms with E-state index in [4.69, 9.17) is 0 Å². The molecular formula is C16H22N4. The molecular weight excluding hydrogens is 248 g/mol. The average Bonchev–Trinajstić information content (AvgIpc) is 2.76. The molecule has 0 fully saturated rings. The van der Waals surface area contributed by atoms with E-state index < -0.39 is 0 Å². The molecule has 0 aliphatic carbocycles. The van der Waals surface area contributed by atoms with Crippen molar-refractivity contribution in [3.8, 4) is 0 Å². The number of fused-ring (bicyclic) bond motifs is 1. The lowest BCUT2D eigenvalue weighted by atomic mass is 9.90. The average molecular weight is 270 g/mol. The highest BCUT2D eigenvalue weighted by molar-refractivity contribution is 5.72. The fraction of sp³-hybridized carbons (Fsp3) is 0.438. The Kier molecular flexibility index (Phi) is 3.16. The van der Waals surface area contributed by atoms with E-state index >= 15 is 0 Å². The van der Waals surface area contributed by atoms with Crippen molar-refractivity contribution in [2.75, 3.05) is 17.2 Å². The molecule has 3 rings (SSSR count). The van der Waals surface area contributed by atoms with E-state index in [9.17, 15) is 0 Å². The number of nitrogens with zero attached hydrogens (tertiary/aromatic N) is 2. The SMILES string of the molecule is CCCc1nn(C)c2c1NCC(C)(c1ccccc1)N2. The van der Waals surface area contributed by atoms with Crippen molar-refractivity contribution in [2.45, 2.75) is 32.2 Å². The lowest BCUT2D eigenvalue weighted by Gasteiger charge is -2.37. The molecule has 1 aromatic heterocycles. The normalized spacial score (nSPS) is 20.9. The van der Waals surface area contributed by atoms with Crippen molar-refractivity contribution in [3.05, 3.63) is 41.6 Å². The first-order valence-corrected chi connectivity index (χ1v) is 7.27. The van der Waals surface area contributed by atoms with Crippen LogP contribution in [0.25, 0.3) is 0 Å². The van der Waals surface area contributed by atoms with Gasteiger partial charge in [0.05, 0.1) is 11.2 Å². The van der Waals surface area contributed by atoms with E-state index in [0.29, 0.717) is 0 Å².